The van der Waals surface area contributed by atoms with E-state index in [2.05, 4.69) is 0 Å². The van der Waals surface area contributed by atoms with Gasteiger partial charge in [-0.15, -0.1) is 0 Å². The Labute approximate surface area is 197 Å². The van der Waals surface area contributed by atoms with Crippen LogP contribution in [-0.4, -0.2) is 46.2 Å². The zero-order chi connectivity index (χ0) is 24.5. The maximum absolute atomic E-state index is 14.2. The highest BCUT2D eigenvalue weighted by molar-refractivity contribution is 5.94. The molecule has 9 atom stereocenters. The summed E-state index contributed by atoms with van der Waals surface area (Å²) < 4.78 is 23.5. The zero-order valence-electron chi connectivity index (χ0n) is 20.0. The molecule has 3 aliphatic heterocycles. The lowest BCUT2D eigenvalue weighted by Gasteiger charge is -2.66. The number of furan rings is 1. The van der Waals surface area contributed by atoms with E-state index in [1.54, 1.807) is 26.0 Å². The number of ether oxygens (including phenoxy) is 3. The first-order valence-corrected chi connectivity index (χ1v) is 11.9. The van der Waals surface area contributed by atoms with Crippen molar-refractivity contribution < 1.29 is 38.1 Å². The fraction of sp³-hybridized carbons (Fsp3) is 0.654. The summed E-state index contributed by atoms with van der Waals surface area (Å²) in [6.07, 6.45) is 4.45. The minimum atomic E-state index is -1.18. The van der Waals surface area contributed by atoms with Crippen LogP contribution in [0, 0.1) is 28.1 Å². The number of rotatable bonds is 2. The van der Waals surface area contributed by atoms with Gasteiger partial charge in [-0.3, -0.25) is 4.79 Å². The largest absolute Gasteiger partial charge is 0.472 e. The van der Waals surface area contributed by atoms with Crippen molar-refractivity contribution in [3.8, 4) is 0 Å². The van der Waals surface area contributed by atoms with Crippen LogP contribution in [0.25, 0.3) is 0 Å². The van der Waals surface area contributed by atoms with Crippen molar-refractivity contribution in [2.24, 2.45) is 28.1 Å². The molecule has 0 unspecified atom stereocenters. The minimum absolute atomic E-state index is 0.0903. The summed E-state index contributed by atoms with van der Waals surface area (Å²) in [4.78, 5) is 40.0. The first kappa shape index (κ1) is 22.0. The molecule has 5 aliphatic rings. The van der Waals surface area contributed by atoms with E-state index in [4.69, 9.17) is 18.6 Å². The lowest BCUT2D eigenvalue weighted by Crippen LogP contribution is -2.74. The van der Waals surface area contributed by atoms with Gasteiger partial charge in [0.1, 0.15) is 23.6 Å². The minimum Gasteiger partial charge on any atom is -0.472 e. The van der Waals surface area contributed by atoms with Gasteiger partial charge in [0.05, 0.1) is 23.5 Å². The van der Waals surface area contributed by atoms with Gasteiger partial charge in [0, 0.05) is 35.3 Å². The Hall–Kier alpha value is -2.45. The van der Waals surface area contributed by atoms with E-state index >= 15 is 0 Å². The Morgan fingerprint density at radius 3 is 2.47 bits per heavy atom. The molecule has 8 heteroatoms. The SMILES string of the molecule is CC(C)(O)[C@@H]1CC(=O)[C@]2(C)[C@@H]3[C@H](C[C@@]4(C)[C@H](c5ccoc5)OC(=O)[C@H]5O[C@]542)OC(=O)C=C[C@]31C. The topological polar surface area (TPSA) is 116 Å². The summed E-state index contributed by atoms with van der Waals surface area (Å²) in [6.45, 7) is 9.20. The van der Waals surface area contributed by atoms with Crippen LogP contribution in [0.3, 0.4) is 0 Å². The number of ketones is 1. The van der Waals surface area contributed by atoms with Crippen molar-refractivity contribution in [1.29, 1.82) is 0 Å². The maximum atomic E-state index is 14.2. The standard InChI is InChI=1S/C26H30O8/c1-22(2,30)15-10-16(27)25(5)18-14(32-17(28)6-8-23(15,18)3)11-24(4)19(13-7-9-31-12-13)33-21(29)20-26(24,25)34-20/h6-9,12,14-15,18-20,30H,10-11H2,1-5H3/t14-,15-,18+,19-,20+,23-,24-,25+,26+/m0/s1. The second kappa shape index (κ2) is 6.21. The number of carbonyl (C=O) groups excluding carboxylic acids is 3. The lowest BCUT2D eigenvalue weighted by molar-refractivity contribution is -0.241. The summed E-state index contributed by atoms with van der Waals surface area (Å²) >= 11 is 0. The van der Waals surface area contributed by atoms with Crippen LogP contribution in [0.1, 0.15) is 59.1 Å². The molecule has 1 aromatic rings. The summed E-state index contributed by atoms with van der Waals surface area (Å²) in [6, 6.07) is 1.74. The van der Waals surface area contributed by atoms with Gasteiger partial charge >= 0.3 is 11.9 Å². The molecule has 0 radical (unpaired) electrons. The Morgan fingerprint density at radius 1 is 1.09 bits per heavy atom. The van der Waals surface area contributed by atoms with Gasteiger partial charge in [-0.2, -0.15) is 0 Å². The van der Waals surface area contributed by atoms with Gasteiger partial charge in [0.15, 0.2) is 6.10 Å². The van der Waals surface area contributed by atoms with Crippen molar-refractivity contribution in [1.82, 2.24) is 0 Å². The average Bonchev–Trinajstić information content (AvgIpc) is 3.35. The molecule has 2 saturated heterocycles. The third-order valence-electron chi connectivity index (χ3n) is 9.82. The fourth-order valence-electron chi connectivity index (χ4n) is 8.56. The van der Waals surface area contributed by atoms with E-state index < -0.39 is 69.5 Å². The van der Waals surface area contributed by atoms with Crippen molar-refractivity contribution in [3.63, 3.8) is 0 Å². The van der Waals surface area contributed by atoms with E-state index in [9.17, 15) is 19.5 Å². The molecule has 4 fully saturated rings. The molecule has 0 aromatic carbocycles. The molecule has 1 aromatic heterocycles. The van der Waals surface area contributed by atoms with Crippen LogP contribution in [0.5, 0.6) is 0 Å². The van der Waals surface area contributed by atoms with Crippen molar-refractivity contribution in [3.05, 3.63) is 36.3 Å². The molecule has 34 heavy (non-hydrogen) atoms. The molecule has 0 amide bonds. The van der Waals surface area contributed by atoms with Crippen LogP contribution < -0.4 is 0 Å². The summed E-state index contributed by atoms with van der Waals surface area (Å²) in [7, 11) is 0. The molecule has 8 nitrogen and oxygen atoms in total. The highest BCUT2D eigenvalue weighted by Crippen LogP contribution is 2.78. The number of hydrogen-bond donors (Lipinski definition) is 1. The fourth-order valence-corrected chi connectivity index (χ4v) is 8.56. The highest BCUT2D eigenvalue weighted by Gasteiger charge is 2.89. The lowest BCUT2D eigenvalue weighted by atomic mass is 9.37. The van der Waals surface area contributed by atoms with E-state index in [1.165, 1.54) is 18.6 Å². The van der Waals surface area contributed by atoms with Gasteiger partial charge in [0.2, 0.25) is 0 Å². The monoisotopic (exact) mass is 470 g/mol. The average molecular weight is 471 g/mol. The molecule has 1 spiro atoms. The summed E-state index contributed by atoms with van der Waals surface area (Å²) in [5, 5.41) is 11.1. The van der Waals surface area contributed by atoms with E-state index in [-0.39, 0.29) is 12.2 Å². The number of aliphatic hydroxyl groups is 1. The molecule has 2 aliphatic carbocycles. The molecule has 0 bridgehead atoms. The van der Waals surface area contributed by atoms with Crippen molar-refractivity contribution in [2.75, 3.05) is 0 Å². The molecule has 4 heterocycles. The van der Waals surface area contributed by atoms with Gasteiger partial charge in [-0.25, -0.2) is 9.59 Å². The van der Waals surface area contributed by atoms with Gasteiger partial charge < -0.3 is 23.7 Å². The van der Waals surface area contributed by atoms with Crippen LogP contribution >= 0.6 is 0 Å². The van der Waals surface area contributed by atoms with Gasteiger partial charge in [0.25, 0.3) is 0 Å². The molecule has 1 N–H and O–H groups in total. The van der Waals surface area contributed by atoms with Crippen LogP contribution in [0.2, 0.25) is 0 Å². The predicted octanol–water partition coefficient (Wildman–Crippen LogP) is 2.90. The summed E-state index contributed by atoms with van der Waals surface area (Å²) in [5.41, 5.74) is -4.38. The van der Waals surface area contributed by atoms with Gasteiger partial charge in [-0.1, -0.05) is 19.9 Å². The van der Waals surface area contributed by atoms with Crippen molar-refractivity contribution in [2.45, 2.75) is 77.0 Å². The normalized spacial score (nSPS) is 49.2. The number of cyclic esters (lactones) is 1. The number of Topliss-reactive ketones (excluding diaryl/α,β-unsaturated/α-hetero) is 1. The number of allylic oxidation sites excluding steroid dienone is 1. The highest BCUT2D eigenvalue weighted by atomic mass is 16.7. The first-order chi connectivity index (χ1) is 15.8. The second-order valence-electron chi connectivity index (χ2n) is 11.9. The molecular weight excluding hydrogens is 440 g/mol. The quantitative estimate of drug-likeness (QED) is 0.518. The Morgan fingerprint density at radius 2 is 1.82 bits per heavy atom. The molecular formula is C26H30O8. The van der Waals surface area contributed by atoms with E-state index in [0.29, 0.717) is 12.0 Å². The molecule has 2 saturated carbocycles. The van der Waals surface area contributed by atoms with Gasteiger partial charge in [-0.05, 0) is 38.7 Å². The molecule has 6 rings (SSSR count). The van der Waals surface area contributed by atoms with E-state index in [1.807, 2.05) is 20.8 Å². The number of epoxide rings is 1. The van der Waals surface area contributed by atoms with Crippen LogP contribution in [0.15, 0.2) is 35.2 Å². The zero-order valence-corrected chi connectivity index (χ0v) is 20.0. The second-order valence-corrected chi connectivity index (χ2v) is 11.9. The third-order valence-corrected chi connectivity index (χ3v) is 9.82. The number of hydrogen-bond acceptors (Lipinski definition) is 8. The summed E-state index contributed by atoms with van der Waals surface area (Å²) in [5.74, 6) is -2.01. The Bertz CT molecular complexity index is 1130. The Balaban J connectivity index is 1.60. The Kier molecular flexibility index (Phi) is 4.02. The smallest absolute Gasteiger partial charge is 0.339 e. The number of carbonyl (C=O) groups is 3. The first-order valence-electron chi connectivity index (χ1n) is 11.9. The molecule has 182 valence electrons. The number of esters is 2. The van der Waals surface area contributed by atoms with Crippen LogP contribution in [0.4, 0.5) is 0 Å². The van der Waals surface area contributed by atoms with Crippen molar-refractivity contribution >= 4 is 17.7 Å². The maximum Gasteiger partial charge on any atom is 0.339 e. The third kappa shape index (κ3) is 2.29. The van der Waals surface area contributed by atoms with E-state index in [0.717, 1.165) is 0 Å². The van der Waals surface area contributed by atoms with Crippen LogP contribution in [-0.2, 0) is 28.6 Å². The predicted molar refractivity (Wildman–Crippen MR) is 116 cm³/mol.